The van der Waals surface area contributed by atoms with Gasteiger partial charge in [-0.25, -0.2) is 0 Å². The molecule has 0 radical (unpaired) electrons. The second kappa shape index (κ2) is 3.73. The largest absolute Gasteiger partial charge is 0.508 e. The van der Waals surface area contributed by atoms with Gasteiger partial charge in [0.1, 0.15) is 5.75 Å². The lowest BCUT2D eigenvalue weighted by molar-refractivity contribution is 0.475. The predicted octanol–water partition coefficient (Wildman–Crippen LogP) is 1.43. The number of aryl methyl sites for hydroxylation is 1. The summed E-state index contributed by atoms with van der Waals surface area (Å²) >= 11 is 0. The molecule has 1 aromatic carbocycles. The van der Waals surface area contributed by atoms with E-state index in [-0.39, 0.29) is 17.0 Å². The average Bonchev–Trinajstić information content (AvgIpc) is 2.24. The molecule has 0 unspecified atom stereocenters. The molecule has 3 N–H and O–H groups in total. The Labute approximate surface area is 92.6 Å². The fraction of sp³-hybridized carbons (Fsp3) is 0.0833. The van der Waals surface area contributed by atoms with Crippen molar-refractivity contribution in [1.29, 1.82) is 0 Å². The Hall–Kier alpha value is -2.23. The fourth-order valence-electron chi connectivity index (χ4n) is 1.60. The third-order valence-electron chi connectivity index (χ3n) is 2.39. The van der Waals surface area contributed by atoms with Crippen molar-refractivity contribution < 1.29 is 5.11 Å². The fourth-order valence-corrected chi connectivity index (χ4v) is 1.60. The monoisotopic (exact) mass is 216 g/mol. The van der Waals surface area contributed by atoms with Crippen molar-refractivity contribution >= 4 is 5.69 Å². The number of rotatable bonds is 1. The van der Waals surface area contributed by atoms with E-state index in [1.807, 2.05) is 6.92 Å². The molecule has 0 saturated carbocycles. The summed E-state index contributed by atoms with van der Waals surface area (Å²) in [5, 5.41) is 9.38. The number of nitrogen functional groups attached to an aromatic ring is 1. The lowest BCUT2D eigenvalue weighted by Crippen LogP contribution is -2.22. The molecule has 0 atom stereocenters. The second-order valence-electron chi connectivity index (χ2n) is 3.59. The van der Waals surface area contributed by atoms with Crippen molar-refractivity contribution in [2.75, 3.05) is 5.73 Å². The third kappa shape index (κ3) is 1.65. The van der Waals surface area contributed by atoms with Crippen LogP contribution in [0, 0.1) is 6.92 Å². The van der Waals surface area contributed by atoms with Crippen LogP contribution in [-0.4, -0.2) is 9.67 Å². The first-order chi connectivity index (χ1) is 7.59. The van der Waals surface area contributed by atoms with Gasteiger partial charge in [-0.05, 0) is 31.2 Å². The Morgan fingerprint density at radius 3 is 2.69 bits per heavy atom. The van der Waals surface area contributed by atoms with Crippen LogP contribution in [0.3, 0.4) is 0 Å². The van der Waals surface area contributed by atoms with Crippen molar-refractivity contribution in [3.8, 4) is 11.4 Å². The maximum absolute atomic E-state index is 11.9. The van der Waals surface area contributed by atoms with Gasteiger partial charge in [0.25, 0.3) is 5.56 Å². The normalized spacial score (nSPS) is 10.3. The summed E-state index contributed by atoms with van der Waals surface area (Å²) in [4.78, 5) is 11.9. The first kappa shape index (κ1) is 10.3. The number of hydrogen-bond acceptors (Lipinski definition) is 3. The van der Waals surface area contributed by atoms with Crippen molar-refractivity contribution in [2.45, 2.75) is 6.92 Å². The van der Waals surface area contributed by atoms with Gasteiger partial charge in [-0.3, -0.25) is 9.36 Å². The Bertz CT molecular complexity index is 588. The Morgan fingerprint density at radius 1 is 1.25 bits per heavy atom. The van der Waals surface area contributed by atoms with E-state index in [4.69, 9.17) is 5.73 Å². The van der Waals surface area contributed by atoms with E-state index in [0.717, 1.165) is 5.69 Å². The van der Waals surface area contributed by atoms with Crippen molar-refractivity contribution in [2.24, 2.45) is 0 Å². The molecule has 0 spiro atoms. The van der Waals surface area contributed by atoms with Gasteiger partial charge in [0.15, 0.2) is 0 Å². The number of hydrogen-bond donors (Lipinski definition) is 2. The van der Waals surface area contributed by atoms with Crippen LogP contribution in [-0.2, 0) is 0 Å². The Balaban J connectivity index is 2.74. The molecule has 4 nitrogen and oxygen atoms in total. The van der Waals surface area contributed by atoms with Crippen LogP contribution in [0.2, 0.25) is 0 Å². The molecular weight excluding hydrogens is 204 g/mol. The van der Waals surface area contributed by atoms with Crippen LogP contribution in [0.1, 0.15) is 5.69 Å². The van der Waals surface area contributed by atoms with E-state index in [1.165, 1.54) is 10.6 Å². The highest BCUT2D eigenvalue weighted by Gasteiger charge is 2.06. The van der Waals surface area contributed by atoms with Crippen LogP contribution in [0.25, 0.3) is 5.69 Å². The number of phenolic OH excluding ortho intramolecular Hbond substituents is 1. The minimum Gasteiger partial charge on any atom is -0.508 e. The number of anilines is 1. The second-order valence-corrected chi connectivity index (χ2v) is 3.59. The van der Waals surface area contributed by atoms with Crippen molar-refractivity contribution in [1.82, 2.24) is 4.57 Å². The molecule has 0 saturated heterocycles. The summed E-state index contributed by atoms with van der Waals surface area (Å²) in [6, 6.07) is 9.84. The molecular formula is C12H12N2O2. The lowest BCUT2D eigenvalue weighted by Gasteiger charge is -2.10. The minimum absolute atomic E-state index is 0.117. The Morgan fingerprint density at radius 2 is 2.00 bits per heavy atom. The van der Waals surface area contributed by atoms with E-state index in [2.05, 4.69) is 0 Å². The van der Waals surface area contributed by atoms with E-state index in [1.54, 1.807) is 30.3 Å². The molecule has 0 aliphatic rings. The maximum Gasteiger partial charge on any atom is 0.278 e. The van der Waals surface area contributed by atoms with Gasteiger partial charge >= 0.3 is 0 Å². The Kier molecular flexibility index (Phi) is 2.40. The van der Waals surface area contributed by atoms with Gasteiger partial charge in [-0.15, -0.1) is 0 Å². The summed E-state index contributed by atoms with van der Waals surface area (Å²) < 4.78 is 1.47. The smallest absolute Gasteiger partial charge is 0.278 e. The molecule has 2 rings (SSSR count). The molecule has 0 fully saturated rings. The number of nitrogens with two attached hydrogens (primary N) is 1. The lowest BCUT2D eigenvalue weighted by atomic mass is 10.2. The standard InChI is InChI=1S/C12H12N2O2/c1-8-5-6-11(13)12(16)14(8)9-3-2-4-10(15)7-9/h2-7,15H,13H2,1H3. The van der Waals surface area contributed by atoms with E-state index in [9.17, 15) is 9.90 Å². The van der Waals surface area contributed by atoms with Crippen LogP contribution in [0.15, 0.2) is 41.2 Å². The van der Waals surface area contributed by atoms with Gasteiger partial charge in [0, 0.05) is 11.8 Å². The molecule has 0 amide bonds. The van der Waals surface area contributed by atoms with E-state index < -0.39 is 0 Å². The van der Waals surface area contributed by atoms with Crippen molar-refractivity contribution in [3.05, 3.63) is 52.4 Å². The first-order valence-electron chi connectivity index (χ1n) is 4.87. The van der Waals surface area contributed by atoms with E-state index >= 15 is 0 Å². The molecule has 16 heavy (non-hydrogen) atoms. The highest BCUT2D eigenvalue weighted by Crippen LogP contribution is 2.15. The van der Waals surface area contributed by atoms with Crippen LogP contribution >= 0.6 is 0 Å². The van der Waals surface area contributed by atoms with E-state index in [0.29, 0.717) is 5.69 Å². The highest BCUT2D eigenvalue weighted by molar-refractivity contribution is 5.44. The maximum atomic E-state index is 11.9. The number of aromatic nitrogens is 1. The molecule has 1 heterocycles. The summed E-state index contributed by atoms with van der Waals surface area (Å²) in [6.07, 6.45) is 0. The number of benzene rings is 1. The topological polar surface area (TPSA) is 68.2 Å². The van der Waals surface area contributed by atoms with Gasteiger partial charge in [0.05, 0.1) is 11.4 Å². The molecule has 0 aliphatic carbocycles. The number of nitrogens with zero attached hydrogens (tertiary/aromatic N) is 1. The van der Waals surface area contributed by atoms with Gasteiger partial charge in [-0.1, -0.05) is 6.07 Å². The van der Waals surface area contributed by atoms with Gasteiger partial charge in [0.2, 0.25) is 0 Å². The van der Waals surface area contributed by atoms with Crippen molar-refractivity contribution in [3.63, 3.8) is 0 Å². The minimum atomic E-state index is -0.273. The summed E-state index contributed by atoms with van der Waals surface area (Å²) in [6.45, 7) is 1.81. The van der Waals surface area contributed by atoms with Crippen LogP contribution < -0.4 is 11.3 Å². The summed E-state index contributed by atoms with van der Waals surface area (Å²) in [5.74, 6) is 0.117. The van der Waals surface area contributed by atoms with Crippen LogP contribution in [0.5, 0.6) is 5.75 Å². The molecule has 82 valence electrons. The van der Waals surface area contributed by atoms with Crippen LogP contribution in [0.4, 0.5) is 5.69 Å². The number of phenols is 1. The van der Waals surface area contributed by atoms with Gasteiger partial charge < -0.3 is 10.8 Å². The van der Waals surface area contributed by atoms with Gasteiger partial charge in [-0.2, -0.15) is 0 Å². The molecule has 0 bridgehead atoms. The zero-order valence-corrected chi connectivity index (χ0v) is 8.84. The molecule has 1 aromatic heterocycles. The third-order valence-corrected chi connectivity index (χ3v) is 2.39. The zero-order chi connectivity index (χ0) is 11.7. The summed E-state index contributed by atoms with van der Waals surface area (Å²) in [7, 11) is 0. The molecule has 0 aliphatic heterocycles. The first-order valence-corrected chi connectivity index (χ1v) is 4.87. The zero-order valence-electron chi connectivity index (χ0n) is 8.84. The average molecular weight is 216 g/mol. The number of aromatic hydroxyl groups is 1. The quantitative estimate of drug-likeness (QED) is 0.757. The SMILES string of the molecule is Cc1ccc(N)c(=O)n1-c1cccc(O)c1. The molecule has 4 heteroatoms. The number of pyridine rings is 1. The predicted molar refractivity (Wildman–Crippen MR) is 62.9 cm³/mol. The summed E-state index contributed by atoms with van der Waals surface area (Å²) in [5.41, 5.74) is 6.86. The highest BCUT2D eigenvalue weighted by atomic mass is 16.3. The molecule has 2 aromatic rings.